The summed E-state index contributed by atoms with van der Waals surface area (Å²) in [6.07, 6.45) is 1.98. The van der Waals surface area contributed by atoms with Gasteiger partial charge in [-0.05, 0) is 67.4 Å². The summed E-state index contributed by atoms with van der Waals surface area (Å²) in [6, 6.07) is 7.04. The Balaban J connectivity index is 1.56. The van der Waals surface area contributed by atoms with Crippen molar-refractivity contribution >= 4 is 28.7 Å². The molecule has 4 N–H and O–H groups in total. The number of nitrogens with two attached hydrogens (primary N) is 2. The van der Waals surface area contributed by atoms with Crippen LogP contribution >= 0.6 is 0 Å². The number of benzene rings is 2. The number of halogens is 4. The van der Waals surface area contributed by atoms with E-state index in [1.165, 1.54) is 24.9 Å². The van der Waals surface area contributed by atoms with Gasteiger partial charge in [0.05, 0.1) is 16.9 Å². The molecule has 2 amide bonds. The highest BCUT2D eigenvalue weighted by Gasteiger charge is 2.32. The molecule has 0 bridgehead atoms. The van der Waals surface area contributed by atoms with E-state index >= 15 is 0 Å². The second-order valence-electron chi connectivity index (χ2n) is 9.19. The molecular formula is C26H25F4N7O. The number of rotatable bonds is 5. The van der Waals surface area contributed by atoms with Gasteiger partial charge in [0.2, 0.25) is 0 Å². The first-order chi connectivity index (χ1) is 18.1. The van der Waals surface area contributed by atoms with Crippen LogP contribution in [-0.2, 0) is 12.7 Å². The van der Waals surface area contributed by atoms with Crippen LogP contribution < -0.4 is 16.4 Å². The van der Waals surface area contributed by atoms with Crippen LogP contribution in [0.2, 0.25) is 0 Å². The average Bonchev–Trinajstić information content (AvgIpc) is 3.24. The van der Waals surface area contributed by atoms with Crippen molar-refractivity contribution in [2.45, 2.75) is 32.0 Å². The summed E-state index contributed by atoms with van der Waals surface area (Å²) < 4.78 is 56.0. The first-order valence-electron chi connectivity index (χ1n) is 12.0. The van der Waals surface area contributed by atoms with E-state index in [4.69, 9.17) is 11.5 Å². The molecule has 5 rings (SSSR count). The molecule has 8 nitrogen and oxygen atoms in total. The van der Waals surface area contributed by atoms with Crippen LogP contribution in [-0.4, -0.2) is 38.6 Å². The number of nitrogen functional groups attached to an aromatic ring is 1. The molecule has 12 heteroatoms. The van der Waals surface area contributed by atoms with Crippen LogP contribution in [0.3, 0.4) is 0 Å². The van der Waals surface area contributed by atoms with Gasteiger partial charge in [-0.3, -0.25) is 9.80 Å². The van der Waals surface area contributed by atoms with Crippen molar-refractivity contribution in [1.29, 1.82) is 0 Å². The Morgan fingerprint density at radius 1 is 1.05 bits per heavy atom. The number of carbonyl (C=O) groups is 1. The van der Waals surface area contributed by atoms with E-state index in [1.54, 1.807) is 16.6 Å². The number of piperidine rings is 1. The number of nitrogens with zero attached hydrogens (tertiary/aromatic N) is 5. The van der Waals surface area contributed by atoms with Crippen LogP contribution in [0.4, 0.5) is 39.5 Å². The molecule has 1 fully saturated rings. The second kappa shape index (κ2) is 9.93. The molecule has 0 radical (unpaired) electrons. The first-order valence-corrected chi connectivity index (χ1v) is 12.0. The maximum Gasteiger partial charge on any atom is 0.416 e. The van der Waals surface area contributed by atoms with Crippen molar-refractivity contribution in [2.75, 3.05) is 23.7 Å². The third-order valence-electron chi connectivity index (χ3n) is 6.67. The zero-order valence-electron chi connectivity index (χ0n) is 20.2. The SMILES string of the molecule is NC(=O)N(c1ccc(-c2c(CN3CCCCC3)cn3ncnc(N)c23)cc1)c1cc(C(F)(F)F)ccc1F. The van der Waals surface area contributed by atoms with E-state index in [1.807, 2.05) is 6.20 Å². The summed E-state index contributed by atoms with van der Waals surface area (Å²) in [5.41, 5.74) is 13.2. The van der Waals surface area contributed by atoms with Crippen LogP contribution in [0, 0.1) is 5.82 Å². The monoisotopic (exact) mass is 527 g/mol. The van der Waals surface area contributed by atoms with Gasteiger partial charge in [-0.25, -0.2) is 18.7 Å². The largest absolute Gasteiger partial charge is 0.416 e. The Morgan fingerprint density at radius 2 is 1.76 bits per heavy atom. The number of likely N-dealkylation sites (tertiary alicyclic amines) is 1. The third-order valence-corrected chi connectivity index (χ3v) is 6.67. The molecule has 0 unspecified atom stereocenters. The van der Waals surface area contributed by atoms with Gasteiger partial charge >= 0.3 is 12.2 Å². The minimum atomic E-state index is -4.72. The highest BCUT2D eigenvalue weighted by molar-refractivity contribution is 5.99. The number of primary amides is 1. The standard InChI is InChI=1S/C26H25F4N7O/c27-20-9-6-18(26(28,29)30)12-21(20)37(25(32)38)19-7-4-16(5-8-19)22-17(13-35-10-2-1-3-11-35)14-36-23(22)24(31)33-15-34-36/h4-9,12,14-15H,1-3,10-11,13H2,(H2,32,38)(H2,31,33,34). The quantitative estimate of drug-likeness (QED) is 0.341. The molecule has 3 heterocycles. The minimum Gasteiger partial charge on any atom is -0.382 e. The van der Waals surface area contributed by atoms with Gasteiger partial charge in [-0.1, -0.05) is 18.6 Å². The van der Waals surface area contributed by atoms with Gasteiger partial charge in [0.1, 0.15) is 17.7 Å². The van der Waals surface area contributed by atoms with Gasteiger partial charge in [-0.2, -0.15) is 18.3 Å². The highest BCUT2D eigenvalue weighted by atomic mass is 19.4. The normalized spacial score (nSPS) is 14.6. The number of aromatic nitrogens is 3. The lowest BCUT2D eigenvalue weighted by atomic mass is 10.0. The number of amides is 2. The third kappa shape index (κ3) is 4.86. The van der Waals surface area contributed by atoms with Crippen LogP contribution in [0.25, 0.3) is 16.6 Å². The summed E-state index contributed by atoms with van der Waals surface area (Å²) in [6.45, 7) is 2.62. The molecule has 198 valence electrons. The van der Waals surface area contributed by atoms with Crippen LogP contribution in [0.15, 0.2) is 55.0 Å². The molecule has 38 heavy (non-hydrogen) atoms. The number of urea groups is 1. The predicted molar refractivity (Wildman–Crippen MR) is 135 cm³/mol. The van der Waals surface area contributed by atoms with Crippen molar-refractivity contribution in [3.8, 4) is 11.1 Å². The average molecular weight is 528 g/mol. The lowest BCUT2D eigenvalue weighted by Crippen LogP contribution is -2.32. The summed E-state index contributed by atoms with van der Waals surface area (Å²) in [5.74, 6) is -0.734. The fourth-order valence-corrected chi connectivity index (χ4v) is 4.91. The molecule has 0 atom stereocenters. The summed E-state index contributed by atoms with van der Waals surface area (Å²) in [5, 5.41) is 4.29. The van der Waals surface area contributed by atoms with E-state index in [2.05, 4.69) is 15.0 Å². The molecule has 2 aromatic heterocycles. The van der Waals surface area contributed by atoms with Crippen molar-refractivity contribution in [2.24, 2.45) is 5.73 Å². The number of hydrogen-bond donors (Lipinski definition) is 2. The molecule has 4 aromatic rings. The van der Waals surface area contributed by atoms with Gasteiger partial charge in [-0.15, -0.1) is 0 Å². The molecule has 0 saturated carbocycles. The van der Waals surface area contributed by atoms with E-state index in [9.17, 15) is 22.4 Å². The van der Waals surface area contributed by atoms with Crippen molar-refractivity contribution in [3.63, 3.8) is 0 Å². The Labute approximate surface area is 215 Å². The van der Waals surface area contributed by atoms with E-state index in [0.29, 0.717) is 35.2 Å². The minimum absolute atomic E-state index is 0.102. The number of carbonyl (C=O) groups excluding carboxylic acids is 1. The first kappa shape index (κ1) is 25.5. The van der Waals surface area contributed by atoms with Crippen LogP contribution in [0.1, 0.15) is 30.4 Å². The fourth-order valence-electron chi connectivity index (χ4n) is 4.91. The molecule has 1 aliphatic rings. The number of hydrogen-bond acceptors (Lipinski definition) is 5. The molecule has 1 saturated heterocycles. The van der Waals surface area contributed by atoms with Crippen molar-refractivity contribution in [1.82, 2.24) is 19.5 Å². The van der Waals surface area contributed by atoms with E-state index in [-0.39, 0.29) is 11.5 Å². The summed E-state index contributed by atoms with van der Waals surface area (Å²) in [4.78, 5) is 19.5. The molecule has 1 aliphatic heterocycles. The van der Waals surface area contributed by atoms with E-state index in [0.717, 1.165) is 42.6 Å². The van der Waals surface area contributed by atoms with Gasteiger partial charge < -0.3 is 11.5 Å². The number of fused-ring (bicyclic) bond motifs is 1. The van der Waals surface area contributed by atoms with Gasteiger partial charge in [0.15, 0.2) is 5.82 Å². The van der Waals surface area contributed by atoms with Crippen LogP contribution in [0.5, 0.6) is 0 Å². The Bertz CT molecular complexity index is 1480. The van der Waals surface area contributed by atoms with Crippen molar-refractivity contribution in [3.05, 3.63) is 71.9 Å². The predicted octanol–water partition coefficient (Wildman–Crippen LogP) is 5.34. The number of anilines is 3. The Hall–Kier alpha value is -4.19. The fraction of sp³-hybridized carbons (Fsp3) is 0.269. The summed E-state index contributed by atoms with van der Waals surface area (Å²) in [7, 11) is 0. The maximum absolute atomic E-state index is 14.6. The zero-order valence-corrected chi connectivity index (χ0v) is 20.2. The zero-order chi connectivity index (χ0) is 27.0. The Kier molecular flexibility index (Phi) is 6.66. The molecular weight excluding hydrogens is 502 g/mol. The molecule has 0 aliphatic carbocycles. The number of alkyl halides is 3. The lowest BCUT2D eigenvalue weighted by molar-refractivity contribution is -0.137. The highest BCUT2D eigenvalue weighted by Crippen LogP contribution is 2.38. The topological polar surface area (TPSA) is 106 Å². The van der Waals surface area contributed by atoms with Gasteiger partial charge in [0.25, 0.3) is 0 Å². The van der Waals surface area contributed by atoms with Crippen molar-refractivity contribution < 1.29 is 22.4 Å². The van der Waals surface area contributed by atoms with Gasteiger partial charge in [0, 0.05) is 18.3 Å². The lowest BCUT2D eigenvalue weighted by Gasteiger charge is -2.26. The van der Waals surface area contributed by atoms with E-state index < -0.39 is 29.3 Å². The summed E-state index contributed by atoms with van der Waals surface area (Å²) >= 11 is 0. The molecule has 2 aromatic carbocycles. The Morgan fingerprint density at radius 3 is 2.42 bits per heavy atom. The second-order valence-corrected chi connectivity index (χ2v) is 9.19. The maximum atomic E-state index is 14.6. The molecule has 0 spiro atoms. The smallest absolute Gasteiger partial charge is 0.382 e.